The Hall–Kier alpha value is -2.14. The highest BCUT2D eigenvalue weighted by Crippen LogP contribution is 2.46. The highest BCUT2D eigenvalue weighted by molar-refractivity contribution is 6.11. The van der Waals surface area contributed by atoms with Crippen LogP contribution >= 0.6 is 0 Å². The number of nitrogens with zero attached hydrogens (tertiary/aromatic N) is 2. The van der Waals surface area contributed by atoms with Gasteiger partial charge in [-0.2, -0.15) is 0 Å². The molecule has 5 nitrogen and oxygen atoms in total. The lowest BCUT2D eigenvalue weighted by atomic mass is 9.77. The zero-order valence-corrected chi connectivity index (χ0v) is 16.2. The molecule has 1 amide bonds. The molecule has 1 aromatic carbocycles. The molecule has 1 saturated carbocycles. The van der Waals surface area contributed by atoms with Crippen molar-refractivity contribution in [2.45, 2.75) is 44.2 Å². The maximum absolute atomic E-state index is 13.4. The number of amides is 1. The quantitative estimate of drug-likeness (QED) is 0.802. The Balaban J connectivity index is 1.69. The van der Waals surface area contributed by atoms with E-state index >= 15 is 0 Å². The van der Waals surface area contributed by atoms with E-state index in [9.17, 15) is 9.59 Å². The average molecular weight is 368 g/mol. The van der Waals surface area contributed by atoms with E-state index in [1.165, 1.54) is 0 Å². The second-order valence-corrected chi connectivity index (χ2v) is 8.12. The number of hydrogen-bond donors (Lipinski definition) is 0. The Morgan fingerprint density at radius 2 is 1.85 bits per heavy atom. The highest BCUT2D eigenvalue weighted by Gasteiger charge is 2.51. The first-order valence-corrected chi connectivity index (χ1v) is 10.0. The van der Waals surface area contributed by atoms with E-state index in [4.69, 9.17) is 4.74 Å². The van der Waals surface area contributed by atoms with Gasteiger partial charge in [0.05, 0.1) is 17.5 Å². The Morgan fingerprint density at radius 1 is 1.11 bits per heavy atom. The summed E-state index contributed by atoms with van der Waals surface area (Å²) in [5, 5.41) is 0. The lowest BCUT2D eigenvalue weighted by Crippen LogP contribution is -2.39. The van der Waals surface area contributed by atoms with Crippen molar-refractivity contribution >= 4 is 11.7 Å². The minimum Gasteiger partial charge on any atom is -0.483 e. The predicted molar refractivity (Wildman–Crippen MR) is 103 cm³/mol. The van der Waals surface area contributed by atoms with Gasteiger partial charge in [0, 0.05) is 6.54 Å². The fraction of sp³-hybridized carbons (Fsp3) is 0.545. The second-order valence-electron chi connectivity index (χ2n) is 8.12. The molecule has 1 aliphatic carbocycles. The lowest BCUT2D eigenvalue weighted by molar-refractivity contribution is -0.135. The van der Waals surface area contributed by atoms with Crippen LogP contribution in [-0.4, -0.2) is 54.8 Å². The van der Waals surface area contributed by atoms with E-state index in [0.29, 0.717) is 17.9 Å². The molecule has 1 fully saturated rings. The van der Waals surface area contributed by atoms with Crippen molar-refractivity contribution in [2.24, 2.45) is 5.92 Å². The number of Topliss-reactive ketones (excluding diaryl/α,β-unsaturated/α-hetero) is 1. The highest BCUT2D eigenvalue weighted by atomic mass is 16.5. The summed E-state index contributed by atoms with van der Waals surface area (Å²) in [5.41, 5.74) is 1.59. The molecule has 0 spiro atoms. The van der Waals surface area contributed by atoms with Gasteiger partial charge >= 0.3 is 0 Å². The molecule has 0 radical (unpaired) electrons. The zero-order valence-electron chi connectivity index (χ0n) is 16.2. The number of benzene rings is 1. The third kappa shape index (κ3) is 3.29. The molecule has 1 aromatic rings. The molecule has 5 heteroatoms. The molecule has 0 N–H and O–H groups in total. The molecule has 3 atom stereocenters. The largest absolute Gasteiger partial charge is 0.483 e. The summed E-state index contributed by atoms with van der Waals surface area (Å²) >= 11 is 0. The molecule has 0 saturated heterocycles. The van der Waals surface area contributed by atoms with Crippen LogP contribution in [0, 0.1) is 5.92 Å². The van der Waals surface area contributed by atoms with Gasteiger partial charge in [-0.05, 0) is 51.9 Å². The van der Waals surface area contributed by atoms with E-state index in [1.54, 1.807) is 0 Å². The van der Waals surface area contributed by atoms with Crippen LogP contribution in [0.3, 0.4) is 0 Å². The molecule has 0 aromatic heterocycles. The maximum atomic E-state index is 13.4. The predicted octanol–water partition coefficient (Wildman–Crippen LogP) is 2.93. The van der Waals surface area contributed by atoms with E-state index in [-0.39, 0.29) is 29.8 Å². The normalized spacial score (nSPS) is 27.7. The summed E-state index contributed by atoms with van der Waals surface area (Å²) in [7, 11) is 4.06. The summed E-state index contributed by atoms with van der Waals surface area (Å²) < 4.78 is 6.16. The first-order valence-electron chi connectivity index (χ1n) is 10.0. The van der Waals surface area contributed by atoms with E-state index < -0.39 is 0 Å². The fourth-order valence-electron chi connectivity index (χ4n) is 4.66. The number of carbonyl (C=O) groups excluding carboxylic acids is 2. The first kappa shape index (κ1) is 18.2. The van der Waals surface area contributed by atoms with Gasteiger partial charge in [-0.1, -0.05) is 36.8 Å². The minimum atomic E-state index is -0.314. The number of ether oxygens (including phenoxy) is 1. The van der Waals surface area contributed by atoms with Crippen LogP contribution in [0.5, 0.6) is 0 Å². The molecule has 3 unspecified atom stereocenters. The number of rotatable bonds is 5. The minimum absolute atomic E-state index is 0.0850. The van der Waals surface area contributed by atoms with Crippen molar-refractivity contribution in [1.82, 2.24) is 9.80 Å². The number of fused-ring (bicyclic) bond motifs is 1. The molecule has 4 rings (SSSR count). The molecule has 2 aliphatic heterocycles. The van der Waals surface area contributed by atoms with Crippen LogP contribution in [0.4, 0.5) is 0 Å². The summed E-state index contributed by atoms with van der Waals surface area (Å²) in [6, 6.07) is 9.59. The van der Waals surface area contributed by atoms with Gasteiger partial charge in [0.25, 0.3) is 5.91 Å². The Morgan fingerprint density at radius 3 is 2.59 bits per heavy atom. The first-order chi connectivity index (χ1) is 13.1. The van der Waals surface area contributed by atoms with Gasteiger partial charge in [-0.25, -0.2) is 0 Å². The molecular formula is C22H28N2O3. The zero-order chi connectivity index (χ0) is 19.0. The summed E-state index contributed by atoms with van der Waals surface area (Å²) in [4.78, 5) is 30.5. The summed E-state index contributed by atoms with van der Waals surface area (Å²) in [6.07, 6.45) is 4.62. The summed E-state index contributed by atoms with van der Waals surface area (Å²) in [5.74, 6) is 0.258. The smallest absolute Gasteiger partial charge is 0.290 e. The Kier molecular flexibility index (Phi) is 5.04. The van der Waals surface area contributed by atoms with Crippen molar-refractivity contribution < 1.29 is 14.3 Å². The van der Waals surface area contributed by atoms with Gasteiger partial charge in [0.1, 0.15) is 6.10 Å². The van der Waals surface area contributed by atoms with E-state index in [2.05, 4.69) is 4.90 Å². The third-order valence-electron chi connectivity index (χ3n) is 5.98. The van der Waals surface area contributed by atoms with Gasteiger partial charge in [0.2, 0.25) is 0 Å². The van der Waals surface area contributed by atoms with Crippen LogP contribution in [-0.2, 0) is 14.3 Å². The van der Waals surface area contributed by atoms with Crippen molar-refractivity contribution in [3.8, 4) is 0 Å². The van der Waals surface area contributed by atoms with E-state index in [0.717, 1.165) is 44.2 Å². The van der Waals surface area contributed by atoms with Crippen LogP contribution in [0.2, 0.25) is 0 Å². The van der Waals surface area contributed by atoms with Crippen molar-refractivity contribution in [3.05, 3.63) is 47.2 Å². The van der Waals surface area contributed by atoms with Crippen LogP contribution in [0.15, 0.2) is 41.7 Å². The SMILES string of the molecule is CN(C)CCCN1C(=O)C2=C(C(=O)C3CCCCC3O2)C1c1ccccc1. The fourth-order valence-corrected chi connectivity index (χ4v) is 4.66. The van der Waals surface area contributed by atoms with Gasteiger partial charge in [-0.15, -0.1) is 0 Å². The molecule has 144 valence electrons. The molecular weight excluding hydrogens is 340 g/mol. The Labute approximate surface area is 161 Å². The van der Waals surface area contributed by atoms with Crippen molar-refractivity contribution in [3.63, 3.8) is 0 Å². The third-order valence-corrected chi connectivity index (χ3v) is 5.98. The number of hydrogen-bond acceptors (Lipinski definition) is 4. The van der Waals surface area contributed by atoms with Gasteiger partial charge in [0.15, 0.2) is 11.5 Å². The van der Waals surface area contributed by atoms with E-state index in [1.807, 2.05) is 49.3 Å². The number of ketones is 1. The van der Waals surface area contributed by atoms with Crippen LogP contribution in [0.25, 0.3) is 0 Å². The summed E-state index contributed by atoms with van der Waals surface area (Å²) in [6.45, 7) is 1.52. The molecule has 27 heavy (non-hydrogen) atoms. The average Bonchev–Trinajstić information content (AvgIpc) is 2.95. The topological polar surface area (TPSA) is 49.9 Å². The van der Waals surface area contributed by atoms with Gasteiger partial charge < -0.3 is 14.5 Å². The van der Waals surface area contributed by atoms with Crippen LogP contribution < -0.4 is 0 Å². The lowest BCUT2D eigenvalue weighted by Gasteiger charge is -2.35. The maximum Gasteiger partial charge on any atom is 0.290 e. The van der Waals surface area contributed by atoms with Gasteiger partial charge in [-0.3, -0.25) is 9.59 Å². The molecule has 0 bridgehead atoms. The Bertz CT molecular complexity index is 756. The monoisotopic (exact) mass is 368 g/mol. The molecule has 2 heterocycles. The van der Waals surface area contributed by atoms with Crippen molar-refractivity contribution in [2.75, 3.05) is 27.2 Å². The van der Waals surface area contributed by atoms with Crippen LogP contribution in [0.1, 0.15) is 43.7 Å². The number of carbonyl (C=O) groups is 2. The molecule has 3 aliphatic rings. The van der Waals surface area contributed by atoms with Crippen molar-refractivity contribution in [1.29, 1.82) is 0 Å². The standard InChI is InChI=1S/C22H28N2O3/c1-23(2)13-8-14-24-19(15-9-4-3-5-10-15)18-20(25)16-11-6-7-12-17(16)27-21(18)22(24)26/h3-5,9-10,16-17,19H,6-8,11-14H2,1-2H3. The second kappa shape index (κ2) is 7.47.